The van der Waals surface area contributed by atoms with E-state index in [1.165, 1.54) is 0 Å². The summed E-state index contributed by atoms with van der Waals surface area (Å²) >= 11 is 0. The van der Waals surface area contributed by atoms with E-state index in [2.05, 4.69) is 6.07 Å². The van der Waals surface area contributed by atoms with Crippen LogP contribution in [0.25, 0.3) is 11.0 Å². The van der Waals surface area contributed by atoms with Gasteiger partial charge in [-0.1, -0.05) is 17.7 Å². The largest absolute Gasteiger partial charge is 0.454 e. The number of fused-ring (bicyclic) bond motifs is 4. The molecule has 3 aliphatic rings. The van der Waals surface area contributed by atoms with E-state index in [9.17, 15) is 9.90 Å². The Bertz CT molecular complexity index is 1200. The van der Waals surface area contributed by atoms with Crippen LogP contribution in [0.4, 0.5) is 0 Å². The highest BCUT2D eigenvalue weighted by Crippen LogP contribution is 2.48. The first-order valence-electron chi connectivity index (χ1n) is 10.9. The molecule has 0 spiro atoms. The SMILES string of the molecule is Cc1ccc2oc(C(=O)N3[C@H]4CC[C@H]3CC(O)(c3ccc5c(c3)OCO5)C4)c(C)c2c1. The third-order valence-electron chi connectivity index (χ3n) is 7.20. The molecule has 0 radical (unpaired) electrons. The summed E-state index contributed by atoms with van der Waals surface area (Å²) in [5.41, 5.74) is 2.62. The molecule has 2 atom stereocenters. The molecule has 160 valence electrons. The van der Waals surface area contributed by atoms with Crippen LogP contribution in [0.2, 0.25) is 0 Å². The molecule has 6 rings (SSSR count). The number of amides is 1. The van der Waals surface area contributed by atoms with Gasteiger partial charge in [0.25, 0.3) is 5.91 Å². The molecule has 0 unspecified atom stereocenters. The van der Waals surface area contributed by atoms with Crippen LogP contribution < -0.4 is 9.47 Å². The number of benzene rings is 2. The van der Waals surface area contributed by atoms with Gasteiger partial charge < -0.3 is 23.9 Å². The fourth-order valence-corrected chi connectivity index (χ4v) is 5.63. The van der Waals surface area contributed by atoms with Gasteiger partial charge in [0.1, 0.15) is 5.58 Å². The number of furan rings is 1. The van der Waals surface area contributed by atoms with Crippen LogP contribution in [0, 0.1) is 13.8 Å². The molecule has 2 saturated heterocycles. The normalized spacial score (nSPS) is 26.6. The van der Waals surface area contributed by atoms with Crippen molar-refractivity contribution in [1.82, 2.24) is 4.90 Å². The Morgan fingerprint density at radius 3 is 2.55 bits per heavy atom. The molecule has 6 heteroatoms. The molecule has 3 aliphatic heterocycles. The predicted octanol–water partition coefficient (Wildman–Crippen LogP) is 4.43. The van der Waals surface area contributed by atoms with Crippen molar-refractivity contribution in [3.05, 3.63) is 58.8 Å². The Hall–Kier alpha value is -2.99. The van der Waals surface area contributed by atoms with Crippen molar-refractivity contribution < 1.29 is 23.8 Å². The number of carbonyl (C=O) groups is 1. The first-order valence-corrected chi connectivity index (χ1v) is 10.9. The third-order valence-corrected chi connectivity index (χ3v) is 7.20. The second-order valence-electron chi connectivity index (χ2n) is 9.16. The van der Waals surface area contributed by atoms with Gasteiger partial charge in [-0.25, -0.2) is 0 Å². The van der Waals surface area contributed by atoms with Gasteiger partial charge in [0, 0.05) is 35.9 Å². The number of rotatable bonds is 2. The van der Waals surface area contributed by atoms with Crippen LogP contribution in [0.15, 0.2) is 40.8 Å². The van der Waals surface area contributed by atoms with Gasteiger partial charge in [0.05, 0.1) is 5.60 Å². The number of hydrogen-bond acceptors (Lipinski definition) is 5. The Balaban J connectivity index is 1.31. The summed E-state index contributed by atoms with van der Waals surface area (Å²) in [6.07, 6.45) is 2.80. The van der Waals surface area contributed by atoms with Crippen LogP contribution in [-0.4, -0.2) is 34.8 Å². The number of carbonyl (C=O) groups excluding carboxylic acids is 1. The lowest BCUT2D eigenvalue weighted by molar-refractivity contribution is -0.0486. The second-order valence-corrected chi connectivity index (χ2v) is 9.16. The second kappa shape index (κ2) is 6.50. The maximum absolute atomic E-state index is 13.6. The minimum atomic E-state index is -0.983. The van der Waals surface area contributed by atoms with Gasteiger partial charge in [0.2, 0.25) is 6.79 Å². The van der Waals surface area contributed by atoms with E-state index in [-0.39, 0.29) is 24.8 Å². The molecule has 31 heavy (non-hydrogen) atoms. The smallest absolute Gasteiger partial charge is 0.290 e. The predicted molar refractivity (Wildman–Crippen MR) is 114 cm³/mol. The lowest BCUT2D eigenvalue weighted by atomic mass is 9.80. The van der Waals surface area contributed by atoms with Gasteiger partial charge >= 0.3 is 0 Å². The molecule has 1 aromatic heterocycles. The summed E-state index contributed by atoms with van der Waals surface area (Å²) in [4.78, 5) is 15.5. The minimum Gasteiger partial charge on any atom is -0.454 e. The molecule has 1 N–H and O–H groups in total. The molecule has 2 fully saturated rings. The van der Waals surface area contributed by atoms with Gasteiger partial charge in [-0.15, -0.1) is 0 Å². The molecule has 3 aromatic rings. The highest BCUT2D eigenvalue weighted by Gasteiger charge is 2.51. The Labute approximate surface area is 180 Å². The van der Waals surface area contributed by atoms with Crippen molar-refractivity contribution in [2.75, 3.05) is 6.79 Å². The van der Waals surface area contributed by atoms with Gasteiger partial charge in [-0.3, -0.25) is 4.79 Å². The van der Waals surface area contributed by atoms with E-state index in [1.54, 1.807) is 0 Å². The molecule has 2 bridgehead atoms. The van der Waals surface area contributed by atoms with E-state index in [1.807, 2.05) is 49.1 Å². The Kier molecular flexibility index (Phi) is 3.93. The lowest BCUT2D eigenvalue weighted by Crippen LogP contribution is -2.52. The number of nitrogens with zero attached hydrogens (tertiary/aromatic N) is 1. The quantitative estimate of drug-likeness (QED) is 0.665. The number of aryl methyl sites for hydroxylation is 2. The first kappa shape index (κ1) is 18.8. The molecule has 1 amide bonds. The average Bonchev–Trinajstić information content (AvgIpc) is 3.42. The van der Waals surface area contributed by atoms with Gasteiger partial charge in [-0.2, -0.15) is 0 Å². The topological polar surface area (TPSA) is 72.1 Å². The fraction of sp³-hybridized carbons (Fsp3) is 0.400. The lowest BCUT2D eigenvalue weighted by Gasteiger charge is -2.43. The number of aliphatic hydroxyl groups is 1. The van der Waals surface area contributed by atoms with Crippen LogP contribution >= 0.6 is 0 Å². The summed E-state index contributed by atoms with van der Waals surface area (Å²) in [5.74, 6) is 1.74. The monoisotopic (exact) mass is 419 g/mol. The fourth-order valence-electron chi connectivity index (χ4n) is 5.63. The van der Waals surface area contributed by atoms with Crippen LogP contribution in [0.3, 0.4) is 0 Å². The maximum atomic E-state index is 13.6. The first-order chi connectivity index (χ1) is 14.9. The summed E-state index contributed by atoms with van der Waals surface area (Å²) in [5, 5.41) is 12.6. The zero-order valence-electron chi connectivity index (χ0n) is 17.7. The summed E-state index contributed by atoms with van der Waals surface area (Å²) in [7, 11) is 0. The molecule has 0 aliphatic carbocycles. The van der Waals surface area contributed by atoms with E-state index < -0.39 is 5.60 Å². The summed E-state index contributed by atoms with van der Waals surface area (Å²) < 4.78 is 16.9. The average molecular weight is 419 g/mol. The molecule has 0 saturated carbocycles. The highest BCUT2D eigenvalue weighted by atomic mass is 16.7. The van der Waals surface area contributed by atoms with Crippen molar-refractivity contribution in [3.63, 3.8) is 0 Å². The summed E-state index contributed by atoms with van der Waals surface area (Å²) in [6.45, 7) is 4.20. The minimum absolute atomic E-state index is 0.0176. The van der Waals surface area contributed by atoms with Crippen LogP contribution in [0.1, 0.15) is 52.9 Å². The van der Waals surface area contributed by atoms with Gasteiger partial charge in [-0.05, 0) is 56.5 Å². The summed E-state index contributed by atoms with van der Waals surface area (Å²) in [6, 6.07) is 11.6. The molecule has 2 aromatic carbocycles. The third kappa shape index (κ3) is 2.78. The zero-order valence-corrected chi connectivity index (χ0v) is 17.7. The van der Waals surface area contributed by atoms with E-state index in [0.717, 1.165) is 40.5 Å². The van der Waals surface area contributed by atoms with Crippen molar-refractivity contribution in [1.29, 1.82) is 0 Å². The Morgan fingerprint density at radius 2 is 1.77 bits per heavy atom. The molecular formula is C25H25NO5. The van der Waals surface area contributed by atoms with Crippen molar-refractivity contribution >= 4 is 16.9 Å². The standard InChI is InChI=1S/C25H25NO5/c1-14-3-7-20-19(9-14)15(2)23(31-20)24(27)26-17-5-6-18(26)12-25(28,11-17)16-4-8-21-22(10-16)30-13-29-21/h3-4,7-10,17-18,28H,5-6,11-13H2,1-2H3/t17-,18-/m0/s1. The van der Waals surface area contributed by atoms with E-state index in [4.69, 9.17) is 13.9 Å². The number of hydrogen-bond donors (Lipinski definition) is 1. The molecular weight excluding hydrogens is 394 g/mol. The zero-order chi connectivity index (χ0) is 21.3. The van der Waals surface area contributed by atoms with Crippen molar-refractivity contribution in [2.45, 2.75) is 57.2 Å². The maximum Gasteiger partial charge on any atom is 0.290 e. The number of ether oxygens (including phenoxy) is 2. The van der Waals surface area contributed by atoms with Crippen molar-refractivity contribution in [3.8, 4) is 11.5 Å². The van der Waals surface area contributed by atoms with Crippen LogP contribution in [0.5, 0.6) is 11.5 Å². The molecule has 4 heterocycles. The highest BCUT2D eigenvalue weighted by molar-refractivity contribution is 5.99. The van der Waals surface area contributed by atoms with Crippen molar-refractivity contribution in [2.24, 2.45) is 0 Å². The van der Waals surface area contributed by atoms with E-state index in [0.29, 0.717) is 30.1 Å². The Morgan fingerprint density at radius 1 is 1.03 bits per heavy atom. The van der Waals surface area contributed by atoms with Crippen LogP contribution in [-0.2, 0) is 5.60 Å². The molecule has 6 nitrogen and oxygen atoms in total. The van der Waals surface area contributed by atoms with Gasteiger partial charge in [0.15, 0.2) is 17.3 Å². The number of piperidine rings is 1. The van der Waals surface area contributed by atoms with E-state index >= 15 is 0 Å².